The van der Waals surface area contributed by atoms with Crippen LogP contribution in [0.5, 0.6) is 0 Å². The van der Waals surface area contributed by atoms with E-state index in [1.807, 2.05) is 12.1 Å². The third-order valence-electron chi connectivity index (χ3n) is 3.36. The number of fused-ring (bicyclic) bond motifs is 1. The van der Waals surface area contributed by atoms with Crippen LogP contribution < -0.4 is 4.90 Å². The van der Waals surface area contributed by atoms with Gasteiger partial charge in [-0.3, -0.25) is 9.78 Å². The zero-order chi connectivity index (χ0) is 12.4. The number of hydrogen-bond acceptors (Lipinski definition) is 3. The molecule has 0 saturated heterocycles. The Hall–Kier alpha value is -2.16. The summed E-state index contributed by atoms with van der Waals surface area (Å²) >= 11 is 0. The minimum absolute atomic E-state index is 0.647. The fraction of sp³-hybridized carbons (Fsp3) is 0.200. The molecule has 2 aromatic rings. The molecular formula is C15H14N2O. The number of anilines is 2. The average Bonchev–Trinajstić information content (AvgIpc) is 2.46. The van der Waals surface area contributed by atoms with Gasteiger partial charge in [0.05, 0.1) is 11.3 Å². The first-order chi connectivity index (χ1) is 8.90. The highest BCUT2D eigenvalue weighted by molar-refractivity contribution is 5.86. The van der Waals surface area contributed by atoms with Crippen LogP contribution in [0.15, 0.2) is 42.7 Å². The molecule has 0 N–H and O–H groups in total. The van der Waals surface area contributed by atoms with Crippen LogP contribution in [0.4, 0.5) is 11.4 Å². The Kier molecular flexibility index (Phi) is 2.81. The monoisotopic (exact) mass is 238 g/mol. The van der Waals surface area contributed by atoms with Crippen molar-refractivity contribution in [1.29, 1.82) is 0 Å². The van der Waals surface area contributed by atoms with Gasteiger partial charge in [-0.25, -0.2) is 0 Å². The van der Waals surface area contributed by atoms with E-state index in [4.69, 9.17) is 0 Å². The molecule has 0 atom stereocenters. The molecule has 1 aromatic heterocycles. The maximum Gasteiger partial charge on any atom is 0.153 e. The van der Waals surface area contributed by atoms with E-state index in [1.165, 1.54) is 11.3 Å². The summed E-state index contributed by atoms with van der Waals surface area (Å²) in [6, 6.07) is 10.3. The maximum absolute atomic E-state index is 11.1. The third-order valence-corrected chi connectivity index (χ3v) is 3.36. The van der Waals surface area contributed by atoms with E-state index in [-0.39, 0.29) is 0 Å². The van der Waals surface area contributed by atoms with Crippen molar-refractivity contribution in [2.24, 2.45) is 0 Å². The van der Waals surface area contributed by atoms with Crippen molar-refractivity contribution in [2.75, 3.05) is 11.4 Å². The van der Waals surface area contributed by atoms with E-state index in [0.29, 0.717) is 5.56 Å². The van der Waals surface area contributed by atoms with Crippen molar-refractivity contribution in [3.8, 4) is 0 Å². The van der Waals surface area contributed by atoms with Gasteiger partial charge in [-0.05, 0) is 30.5 Å². The van der Waals surface area contributed by atoms with E-state index in [0.717, 1.165) is 31.4 Å². The van der Waals surface area contributed by atoms with Gasteiger partial charge < -0.3 is 4.90 Å². The Morgan fingerprint density at radius 3 is 2.94 bits per heavy atom. The van der Waals surface area contributed by atoms with Crippen LogP contribution in [-0.4, -0.2) is 17.8 Å². The van der Waals surface area contributed by atoms with Crippen molar-refractivity contribution >= 4 is 17.7 Å². The lowest BCUT2D eigenvalue weighted by atomic mass is 10.0. The maximum atomic E-state index is 11.1. The number of nitrogens with zero attached hydrogens (tertiary/aromatic N) is 2. The van der Waals surface area contributed by atoms with E-state index in [1.54, 1.807) is 12.4 Å². The van der Waals surface area contributed by atoms with Crippen LogP contribution in [0.1, 0.15) is 22.3 Å². The quantitative estimate of drug-likeness (QED) is 0.754. The van der Waals surface area contributed by atoms with E-state index in [2.05, 4.69) is 28.1 Å². The van der Waals surface area contributed by atoms with Gasteiger partial charge in [0.15, 0.2) is 6.29 Å². The topological polar surface area (TPSA) is 33.2 Å². The number of pyridine rings is 1. The summed E-state index contributed by atoms with van der Waals surface area (Å²) < 4.78 is 0. The summed E-state index contributed by atoms with van der Waals surface area (Å²) in [6.45, 7) is 0.946. The largest absolute Gasteiger partial charge is 0.341 e. The molecule has 0 aliphatic carbocycles. The molecule has 0 amide bonds. The van der Waals surface area contributed by atoms with Crippen LogP contribution >= 0.6 is 0 Å². The Bertz CT molecular complexity index is 580. The van der Waals surface area contributed by atoms with Gasteiger partial charge in [-0.2, -0.15) is 0 Å². The molecule has 1 aromatic carbocycles. The van der Waals surface area contributed by atoms with Crippen molar-refractivity contribution < 1.29 is 4.79 Å². The molecule has 0 spiro atoms. The smallest absolute Gasteiger partial charge is 0.153 e. The second-order valence-corrected chi connectivity index (χ2v) is 4.44. The molecule has 3 nitrogen and oxygen atoms in total. The molecule has 1 aliphatic heterocycles. The molecule has 2 heterocycles. The van der Waals surface area contributed by atoms with Gasteiger partial charge >= 0.3 is 0 Å². The van der Waals surface area contributed by atoms with Gasteiger partial charge in [0.1, 0.15) is 0 Å². The van der Waals surface area contributed by atoms with Crippen molar-refractivity contribution in [3.05, 3.63) is 53.9 Å². The van der Waals surface area contributed by atoms with Gasteiger partial charge in [0, 0.05) is 24.6 Å². The molecule has 90 valence electrons. The second-order valence-electron chi connectivity index (χ2n) is 4.44. The first-order valence-electron chi connectivity index (χ1n) is 6.15. The average molecular weight is 238 g/mol. The molecule has 3 rings (SSSR count). The molecule has 3 heteroatoms. The lowest BCUT2D eigenvalue weighted by Gasteiger charge is -2.31. The first-order valence-corrected chi connectivity index (χ1v) is 6.15. The van der Waals surface area contributed by atoms with Gasteiger partial charge in [-0.15, -0.1) is 0 Å². The Labute approximate surface area is 106 Å². The molecule has 18 heavy (non-hydrogen) atoms. The van der Waals surface area contributed by atoms with Crippen molar-refractivity contribution in [2.45, 2.75) is 12.8 Å². The van der Waals surface area contributed by atoms with E-state index < -0.39 is 0 Å². The molecule has 0 fully saturated rings. The van der Waals surface area contributed by atoms with Crippen LogP contribution in [-0.2, 0) is 6.42 Å². The second kappa shape index (κ2) is 4.61. The minimum atomic E-state index is 0.647. The molecule has 1 aliphatic rings. The normalized spacial score (nSPS) is 14.1. The zero-order valence-corrected chi connectivity index (χ0v) is 10.0. The highest BCUT2D eigenvalue weighted by Crippen LogP contribution is 2.34. The number of hydrogen-bond donors (Lipinski definition) is 0. The summed E-state index contributed by atoms with van der Waals surface area (Å²) in [7, 11) is 0. The van der Waals surface area contributed by atoms with Crippen LogP contribution in [0.3, 0.4) is 0 Å². The fourth-order valence-electron chi connectivity index (χ4n) is 2.52. The minimum Gasteiger partial charge on any atom is -0.341 e. The SMILES string of the molecule is O=Cc1cnccc1N1CCCc2ccccc21. The van der Waals surface area contributed by atoms with Crippen LogP contribution in [0.2, 0.25) is 0 Å². The zero-order valence-electron chi connectivity index (χ0n) is 10.0. The number of aldehydes is 1. The standard InChI is InChI=1S/C15H14N2O/c18-11-13-10-16-8-7-15(13)17-9-3-5-12-4-1-2-6-14(12)17/h1-2,4,6-8,10-11H,3,5,9H2. The number of aromatic nitrogens is 1. The summed E-state index contributed by atoms with van der Waals surface area (Å²) in [5, 5.41) is 0. The van der Waals surface area contributed by atoms with Gasteiger partial charge in [0.2, 0.25) is 0 Å². The predicted molar refractivity (Wildman–Crippen MR) is 71.4 cm³/mol. The van der Waals surface area contributed by atoms with Gasteiger partial charge in [0.25, 0.3) is 0 Å². The molecule has 0 saturated carbocycles. The Morgan fingerprint density at radius 1 is 1.17 bits per heavy atom. The summed E-state index contributed by atoms with van der Waals surface area (Å²) in [5.41, 5.74) is 4.15. The van der Waals surface area contributed by atoms with Crippen LogP contribution in [0, 0.1) is 0 Å². The lowest BCUT2D eigenvalue weighted by molar-refractivity contribution is 0.112. The number of carbonyl (C=O) groups excluding carboxylic acids is 1. The number of carbonyl (C=O) groups is 1. The van der Waals surface area contributed by atoms with E-state index in [9.17, 15) is 4.79 Å². The molecular weight excluding hydrogens is 224 g/mol. The lowest BCUT2D eigenvalue weighted by Crippen LogP contribution is -2.25. The van der Waals surface area contributed by atoms with Crippen molar-refractivity contribution in [1.82, 2.24) is 4.98 Å². The summed E-state index contributed by atoms with van der Waals surface area (Å²) in [6.07, 6.45) is 6.45. The van der Waals surface area contributed by atoms with E-state index >= 15 is 0 Å². The fourth-order valence-corrected chi connectivity index (χ4v) is 2.52. The summed E-state index contributed by atoms with van der Waals surface area (Å²) in [4.78, 5) is 17.3. The number of benzene rings is 1. The number of aryl methyl sites for hydroxylation is 1. The molecule has 0 bridgehead atoms. The molecule has 0 unspecified atom stereocenters. The summed E-state index contributed by atoms with van der Waals surface area (Å²) in [5.74, 6) is 0. The highest BCUT2D eigenvalue weighted by Gasteiger charge is 2.19. The first kappa shape index (κ1) is 11.0. The Balaban J connectivity index is 2.11. The van der Waals surface area contributed by atoms with Crippen molar-refractivity contribution in [3.63, 3.8) is 0 Å². The highest BCUT2D eigenvalue weighted by atomic mass is 16.1. The van der Waals surface area contributed by atoms with Gasteiger partial charge in [-0.1, -0.05) is 18.2 Å². The number of para-hydroxylation sites is 1. The predicted octanol–water partition coefficient (Wildman–Crippen LogP) is 2.98. The Morgan fingerprint density at radius 2 is 2.06 bits per heavy atom. The van der Waals surface area contributed by atoms with Crippen LogP contribution in [0.25, 0.3) is 0 Å². The number of rotatable bonds is 2. The third kappa shape index (κ3) is 1.78. The molecule has 0 radical (unpaired) electrons.